The first-order valence-corrected chi connectivity index (χ1v) is 11.3. The van der Waals surface area contributed by atoms with Crippen molar-refractivity contribution in [1.82, 2.24) is 10.0 Å². The molecule has 0 aliphatic carbocycles. The van der Waals surface area contributed by atoms with E-state index in [4.69, 9.17) is 14.4 Å². The van der Waals surface area contributed by atoms with Crippen LogP contribution in [0.15, 0.2) is 63.9 Å². The van der Waals surface area contributed by atoms with Crippen LogP contribution < -0.4 is 11.0 Å². The van der Waals surface area contributed by atoms with Crippen LogP contribution in [0.25, 0.3) is 11.1 Å². The van der Waals surface area contributed by atoms with Crippen LogP contribution in [0.3, 0.4) is 0 Å². The van der Waals surface area contributed by atoms with Crippen LogP contribution in [0.1, 0.15) is 30.4 Å². The van der Waals surface area contributed by atoms with Gasteiger partial charge in [0.15, 0.2) is 5.76 Å². The number of hydrogen-bond acceptors (Lipinski definition) is 7. The van der Waals surface area contributed by atoms with Crippen molar-refractivity contribution in [3.8, 4) is 23.0 Å². The highest BCUT2D eigenvalue weighted by Crippen LogP contribution is 2.20. The Morgan fingerprint density at radius 3 is 2.56 bits per heavy atom. The fourth-order valence-electron chi connectivity index (χ4n) is 3.14. The third kappa shape index (κ3) is 5.89. The number of ether oxygens (including phenoxy) is 1. The molecule has 2 atom stereocenters. The zero-order chi connectivity index (χ0) is 24.7. The van der Waals surface area contributed by atoms with E-state index in [0.717, 1.165) is 11.1 Å². The number of nitrogens with one attached hydrogen (secondary N) is 1. The lowest BCUT2D eigenvalue weighted by Gasteiger charge is -2.29. The Balaban J connectivity index is 1.71. The van der Waals surface area contributed by atoms with Crippen molar-refractivity contribution in [2.75, 3.05) is 7.11 Å². The van der Waals surface area contributed by atoms with Crippen molar-refractivity contribution in [3.05, 3.63) is 82.2 Å². The summed E-state index contributed by atoms with van der Waals surface area (Å²) in [7, 11) is 1.59. The van der Waals surface area contributed by atoms with E-state index in [1.165, 1.54) is 29.2 Å². The summed E-state index contributed by atoms with van der Waals surface area (Å²) in [5.41, 5.74) is 3.26. The minimum Gasteiger partial charge on any atom is -0.772 e. The molecule has 2 N–H and O–H groups in total. The maximum absolute atomic E-state index is 12.5. The molecule has 3 rings (SSSR count). The standard InChI is InChI=1S/C24H24N2O7S/c1-24(34(30)31,23(28)25-29)12-14-26-13-11-19(15-22(26)27)18-6-3-17(4-7-18)5-8-20-9-10-21(33-20)16-32-2/h3-4,6-7,9-11,13,15,29H,12,14,16H2,1-2H3,(H,25,28)(H,30,31)/p-1. The van der Waals surface area contributed by atoms with Gasteiger partial charge in [-0.25, -0.2) is 5.48 Å². The summed E-state index contributed by atoms with van der Waals surface area (Å²) < 4.78 is 32.9. The lowest BCUT2D eigenvalue weighted by Crippen LogP contribution is -2.47. The molecule has 0 fully saturated rings. The maximum atomic E-state index is 12.5. The first-order chi connectivity index (χ1) is 16.3. The molecule has 0 saturated heterocycles. The van der Waals surface area contributed by atoms with Crippen molar-refractivity contribution in [2.45, 2.75) is 31.2 Å². The Labute approximate surface area is 198 Å². The molecule has 0 radical (unpaired) electrons. The number of pyridine rings is 1. The Hall–Kier alpha value is -3.49. The monoisotopic (exact) mass is 483 g/mol. The van der Waals surface area contributed by atoms with Gasteiger partial charge in [0.25, 0.3) is 11.5 Å². The van der Waals surface area contributed by atoms with E-state index in [1.54, 1.807) is 25.3 Å². The summed E-state index contributed by atoms with van der Waals surface area (Å²) in [6.45, 7) is 1.53. The molecule has 0 aliphatic heterocycles. The molecule has 0 aliphatic rings. The average molecular weight is 484 g/mol. The lowest BCUT2D eigenvalue weighted by molar-refractivity contribution is -0.131. The van der Waals surface area contributed by atoms with E-state index in [1.807, 2.05) is 24.3 Å². The Kier molecular flexibility index (Phi) is 8.20. The van der Waals surface area contributed by atoms with Crippen molar-refractivity contribution in [3.63, 3.8) is 0 Å². The fraction of sp³-hybridized carbons (Fsp3) is 0.250. The summed E-state index contributed by atoms with van der Waals surface area (Å²) in [5.74, 6) is 6.14. The molecule has 2 aromatic heterocycles. The van der Waals surface area contributed by atoms with Gasteiger partial charge in [-0.1, -0.05) is 18.1 Å². The van der Waals surface area contributed by atoms with Gasteiger partial charge >= 0.3 is 0 Å². The highest BCUT2D eigenvalue weighted by molar-refractivity contribution is 7.81. The molecule has 34 heavy (non-hydrogen) atoms. The molecule has 2 unspecified atom stereocenters. The largest absolute Gasteiger partial charge is 0.772 e. The Bertz CT molecular complexity index is 1300. The highest BCUT2D eigenvalue weighted by Gasteiger charge is 2.34. The van der Waals surface area contributed by atoms with Crippen LogP contribution in [0.2, 0.25) is 0 Å². The maximum Gasteiger partial charge on any atom is 0.260 e. The van der Waals surface area contributed by atoms with Crippen LogP contribution in [0.5, 0.6) is 0 Å². The molecule has 3 aromatic rings. The summed E-state index contributed by atoms with van der Waals surface area (Å²) in [5, 5.41) is 8.81. The fourth-order valence-corrected chi connectivity index (χ4v) is 3.60. The first kappa shape index (κ1) is 25.1. The van der Waals surface area contributed by atoms with Gasteiger partial charge in [0.2, 0.25) is 0 Å². The van der Waals surface area contributed by atoms with Crippen LogP contribution in [0, 0.1) is 11.8 Å². The molecule has 9 nitrogen and oxygen atoms in total. The summed E-state index contributed by atoms with van der Waals surface area (Å²) >= 11 is -2.79. The van der Waals surface area contributed by atoms with Gasteiger partial charge < -0.3 is 18.3 Å². The zero-order valence-electron chi connectivity index (χ0n) is 18.6. The minimum absolute atomic E-state index is 0.0234. The number of hydroxylamine groups is 1. The van der Waals surface area contributed by atoms with Crippen LogP contribution in [-0.2, 0) is 33.8 Å². The summed E-state index contributed by atoms with van der Waals surface area (Å²) in [4.78, 5) is 24.3. The molecule has 1 aromatic carbocycles. The molecular formula is C24H23N2O7S-. The van der Waals surface area contributed by atoms with Crippen LogP contribution >= 0.6 is 0 Å². The number of aromatic nitrogens is 1. The quantitative estimate of drug-likeness (QED) is 0.217. The van der Waals surface area contributed by atoms with Gasteiger partial charge in [-0.3, -0.25) is 19.0 Å². The predicted molar refractivity (Wildman–Crippen MR) is 123 cm³/mol. The topological polar surface area (TPSA) is 134 Å². The third-order valence-corrected chi connectivity index (χ3v) is 6.40. The van der Waals surface area contributed by atoms with Crippen LogP contribution in [-0.4, -0.2) is 36.3 Å². The van der Waals surface area contributed by atoms with Crippen molar-refractivity contribution < 1.29 is 27.9 Å². The Morgan fingerprint density at radius 1 is 1.21 bits per heavy atom. The van der Waals surface area contributed by atoms with E-state index >= 15 is 0 Å². The molecule has 2 heterocycles. The molecule has 10 heteroatoms. The number of hydrogen-bond donors (Lipinski definition) is 2. The molecule has 0 spiro atoms. The second kappa shape index (κ2) is 11.1. The van der Waals surface area contributed by atoms with Crippen LogP contribution in [0.4, 0.5) is 0 Å². The molecule has 0 saturated carbocycles. The number of methoxy groups -OCH3 is 1. The number of rotatable bonds is 8. The van der Waals surface area contributed by atoms with Crippen molar-refractivity contribution in [1.29, 1.82) is 0 Å². The normalized spacial score (nSPS) is 13.4. The SMILES string of the molecule is COCc1ccc(C#Cc2ccc(-c3ccn(CCC(C)(C(=O)NO)S(=O)[O-])c(=O)c3)cc2)o1. The first-order valence-electron chi connectivity index (χ1n) is 10.2. The van der Waals surface area contributed by atoms with E-state index in [2.05, 4.69) is 11.8 Å². The van der Waals surface area contributed by atoms with E-state index in [-0.39, 0.29) is 18.5 Å². The third-order valence-electron chi connectivity index (χ3n) is 5.27. The number of aryl methyl sites for hydroxylation is 1. The number of carbonyl (C=O) groups excluding carboxylic acids is 1. The number of carbonyl (C=O) groups is 1. The van der Waals surface area contributed by atoms with Crippen molar-refractivity contribution in [2.24, 2.45) is 0 Å². The summed E-state index contributed by atoms with van der Waals surface area (Å²) in [6.07, 6.45) is 1.34. The second-order valence-corrected chi connectivity index (χ2v) is 9.00. The number of nitrogens with zero attached hydrogens (tertiary/aromatic N) is 1. The molecule has 0 bridgehead atoms. The molecule has 178 valence electrons. The number of amides is 1. The predicted octanol–water partition coefficient (Wildman–Crippen LogP) is 2.19. The number of furan rings is 1. The Morgan fingerprint density at radius 2 is 1.94 bits per heavy atom. The van der Waals surface area contributed by atoms with Gasteiger partial charge in [0, 0.05) is 31.5 Å². The lowest BCUT2D eigenvalue weighted by atomic mass is 10.0. The minimum atomic E-state index is -2.79. The summed E-state index contributed by atoms with van der Waals surface area (Å²) in [6, 6.07) is 14.1. The van der Waals surface area contributed by atoms with Gasteiger partial charge in [-0.2, -0.15) is 0 Å². The van der Waals surface area contributed by atoms with Gasteiger partial charge in [0.1, 0.15) is 17.1 Å². The van der Waals surface area contributed by atoms with Gasteiger partial charge in [0.05, 0.1) is 0 Å². The molecular weight excluding hydrogens is 460 g/mol. The van der Waals surface area contributed by atoms with Gasteiger partial charge in [-0.05, 0) is 71.8 Å². The molecule has 1 amide bonds. The smallest absolute Gasteiger partial charge is 0.260 e. The second-order valence-electron chi connectivity index (χ2n) is 7.63. The zero-order valence-corrected chi connectivity index (χ0v) is 19.4. The van der Waals surface area contributed by atoms with E-state index in [9.17, 15) is 18.4 Å². The highest BCUT2D eigenvalue weighted by atomic mass is 32.2. The van der Waals surface area contributed by atoms with Crippen molar-refractivity contribution >= 4 is 17.0 Å². The average Bonchev–Trinajstić information content (AvgIpc) is 3.29. The van der Waals surface area contributed by atoms with Gasteiger partial charge in [-0.15, -0.1) is 0 Å². The van der Waals surface area contributed by atoms with E-state index in [0.29, 0.717) is 23.7 Å². The van der Waals surface area contributed by atoms with E-state index < -0.39 is 21.7 Å². The number of benzene rings is 1.